The van der Waals surface area contributed by atoms with Gasteiger partial charge in [-0.2, -0.15) is 0 Å². The van der Waals surface area contributed by atoms with Crippen molar-refractivity contribution in [2.45, 2.75) is 25.3 Å². The molecule has 0 aliphatic carbocycles. The van der Waals surface area contributed by atoms with E-state index in [9.17, 15) is 4.79 Å². The lowest BCUT2D eigenvalue weighted by atomic mass is 10.0. The number of rotatable bonds is 7. The summed E-state index contributed by atoms with van der Waals surface area (Å²) in [4.78, 5) is 22.5. The summed E-state index contributed by atoms with van der Waals surface area (Å²) in [7, 11) is 0. The monoisotopic (exact) mass is 435 g/mol. The first-order valence-electron chi connectivity index (χ1n) is 10.6. The minimum atomic E-state index is -0.260. The van der Waals surface area contributed by atoms with Crippen LogP contribution in [0.25, 0.3) is 0 Å². The van der Waals surface area contributed by atoms with Crippen molar-refractivity contribution in [2.24, 2.45) is 0 Å². The Balaban J connectivity index is 1.22. The second kappa shape index (κ2) is 10.4. The first-order valence-corrected chi connectivity index (χ1v) is 11.0. The summed E-state index contributed by atoms with van der Waals surface area (Å²) in [6, 6.07) is 16.5. The predicted octanol–water partition coefficient (Wildman–Crippen LogP) is 4.18. The average Bonchev–Trinajstić information content (AvgIpc) is 2.82. The Bertz CT molecular complexity index is 988. The van der Waals surface area contributed by atoms with Gasteiger partial charge in [0, 0.05) is 47.9 Å². The van der Waals surface area contributed by atoms with Gasteiger partial charge in [-0.1, -0.05) is 29.8 Å². The molecular weight excluding hydrogens is 410 g/mol. The highest BCUT2D eigenvalue weighted by molar-refractivity contribution is 6.31. The largest absolute Gasteiger partial charge is 0.371 e. The molecule has 1 aliphatic rings. The highest BCUT2D eigenvalue weighted by Gasteiger charge is 2.19. The Labute approximate surface area is 187 Å². The number of halogens is 1. The van der Waals surface area contributed by atoms with E-state index in [0.29, 0.717) is 11.7 Å². The summed E-state index contributed by atoms with van der Waals surface area (Å²) in [6.07, 6.45) is 7.66. The van der Waals surface area contributed by atoms with Crippen LogP contribution in [0.15, 0.2) is 67.1 Å². The molecule has 7 heteroatoms. The van der Waals surface area contributed by atoms with Crippen molar-refractivity contribution >= 4 is 28.9 Å². The van der Waals surface area contributed by atoms with Crippen LogP contribution >= 0.6 is 11.6 Å². The van der Waals surface area contributed by atoms with E-state index in [4.69, 9.17) is 11.6 Å². The SMILES string of the molecule is O=C(Nc1ccc(N2CCC(NCCc3ccccc3Cl)CC2)cc1)c1cnccn1. The normalized spacial score (nSPS) is 14.4. The highest BCUT2D eigenvalue weighted by atomic mass is 35.5. The molecule has 0 saturated carbocycles. The van der Waals surface area contributed by atoms with E-state index in [1.165, 1.54) is 23.6 Å². The molecule has 0 radical (unpaired) electrons. The molecule has 0 atom stereocenters. The molecule has 4 rings (SSSR count). The predicted molar refractivity (Wildman–Crippen MR) is 125 cm³/mol. The topological polar surface area (TPSA) is 70.2 Å². The summed E-state index contributed by atoms with van der Waals surface area (Å²) < 4.78 is 0. The van der Waals surface area contributed by atoms with Crippen LogP contribution in [0.5, 0.6) is 0 Å². The fourth-order valence-electron chi connectivity index (χ4n) is 3.82. The summed E-state index contributed by atoms with van der Waals surface area (Å²) in [6.45, 7) is 2.96. The quantitative estimate of drug-likeness (QED) is 0.582. The molecule has 31 heavy (non-hydrogen) atoms. The van der Waals surface area contributed by atoms with Gasteiger partial charge >= 0.3 is 0 Å². The molecule has 0 bridgehead atoms. The number of hydrogen-bond acceptors (Lipinski definition) is 5. The number of benzene rings is 2. The van der Waals surface area contributed by atoms with E-state index >= 15 is 0 Å². The zero-order valence-electron chi connectivity index (χ0n) is 17.3. The van der Waals surface area contributed by atoms with E-state index in [2.05, 4.69) is 43.7 Å². The van der Waals surface area contributed by atoms with E-state index in [-0.39, 0.29) is 5.91 Å². The number of hydrogen-bond donors (Lipinski definition) is 2. The second-order valence-electron chi connectivity index (χ2n) is 7.65. The molecule has 1 fully saturated rings. The van der Waals surface area contributed by atoms with Crippen molar-refractivity contribution in [1.29, 1.82) is 0 Å². The van der Waals surface area contributed by atoms with Crippen molar-refractivity contribution in [3.8, 4) is 0 Å². The minimum absolute atomic E-state index is 0.260. The first kappa shape index (κ1) is 21.3. The lowest BCUT2D eigenvalue weighted by Gasteiger charge is -2.34. The Kier molecular flexibility index (Phi) is 7.12. The van der Waals surface area contributed by atoms with Gasteiger partial charge in [0.2, 0.25) is 0 Å². The summed E-state index contributed by atoms with van der Waals surface area (Å²) in [5.74, 6) is -0.260. The number of carbonyl (C=O) groups is 1. The van der Waals surface area contributed by atoms with Gasteiger partial charge in [0.25, 0.3) is 5.91 Å². The molecule has 3 aromatic rings. The molecule has 6 nitrogen and oxygen atoms in total. The van der Waals surface area contributed by atoms with Crippen LogP contribution in [0.2, 0.25) is 5.02 Å². The number of aromatic nitrogens is 2. The van der Waals surface area contributed by atoms with E-state index in [0.717, 1.165) is 49.6 Å². The summed E-state index contributed by atoms with van der Waals surface area (Å²) in [5, 5.41) is 7.37. The van der Waals surface area contributed by atoms with Crippen LogP contribution < -0.4 is 15.5 Å². The molecular formula is C24H26ClN5O. The van der Waals surface area contributed by atoms with Crippen molar-refractivity contribution < 1.29 is 4.79 Å². The Hall–Kier alpha value is -2.96. The van der Waals surface area contributed by atoms with Gasteiger partial charge in [-0.05, 0) is 61.7 Å². The van der Waals surface area contributed by atoms with Crippen molar-refractivity contribution in [1.82, 2.24) is 15.3 Å². The van der Waals surface area contributed by atoms with Crippen LogP contribution in [-0.2, 0) is 6.42 Å². The van der Waals surface area contributed by atoms with E-state index in [1.807, 2.05) is 30.3 Å². The summed E-state index contributed by atoms with van der Waals surface area (Å²) in [5.41, 5.74) is 3.42. The van der Waals surface area contributed by atoms with Crippen LogP contribution in [0, 0.1) is 0 Å². The maximum atomic E-state index is 12.2. The van der Waals surface area contributed by atoms with Crippen molar-refractivity contribution in [2.75, 3.05) is 29.9 Å². The minimum Gasteiger partial charge on any atom is -0.371 e. The molecule has 1 amide bonds. The number of carbonyl (C=O) groups excluding carboxylic acids is 1. The number of nitrogens with zero attached hydrogens (tertiary/aromatic N) is 3. The number of piperidine rings is 1. The third-order valence-corrected chi connectivity index (χ3v) is 5.94. The maximum Gasteiger partial charge on any atom is 0.275 e. The summed E-state index contributed by atoms with van der Waals surface area (Å²) >= 11 is 6.24. The van der Waals surface area contributed by atoms with Gasteiger partial charge in [-0.25, -0.2) is 4.98 Å². The van der Waals surface area contributed by atoms with Crippen LogP contribution in [0.4, 0.5) is 11.4 Å². The Morgan fingerprint density at radius 2 is 1.84 bits per heavy atom. The molecule has 0 spiro atoms. The van der Waals surface area contributed by atoms with Crippen LogP contribution in [0.1, 0.15) is 28.9 Å². The maximum absolute atomic E-state index is 12.2. The highest BCUT2D eigenvalue weighted by Crippen LogP contribution is 2.22. The van der Waals surface area contributed by atoms with Crippen molar-refractivity contribution in [3.63, 3.8) is 0 Å². The fraction of sp³-hybridized carbons (Fsp3) is 0.292. The number of amides is 1. The van der Waals surface area contributed by atoms with Gasteiger partial charge in [0.05, 0.1) is 6.20 Å². The van der Waals surface area contributed by atoms with Crippen molar-refractivity contribution in [3.05, 3.63) is 83.4 Å². The Morgan fingerprint density at radius 1 is 1.06 bits per heavy atom. The smallest absolute Gasteiger partial charge is 0.275 e. The molecule has 1 aliphatic heterocycles. The molecule has 2 N–H and O–H groups in total. The van der Waals surface area contributed by atoms with Gasteiger partial charge in [-0.3, -0.25) is 9.78 Å². The zero-order valence-corrected chi connectivity index (χ0v) is 18.1. The van der Waals surface area contributed by atoms with Crippen LogP contribution in [0.3, 0.4) is 0 Å². The average molecular weight is 436 g/mol. The zero-order chi connectivity index (χ0) is 21.5. The van der Waals surface area contributed by atoms with E-state index in [1.54, 1.807) is 6.20 Å². The Morgan fingerprint density at radius 3 is 2.55 bits per heavy atom. The van der Waals surface area contributed by atoms with Gasteiger partial charge in [-0.15, -0.1) is 0 Å². The molecule has 1 aromatic heterocycles. The number of anilines is 2. The molecule has 160 valence electrons. The lowest BCUT2D eigenvalue weighted by molar-refractivity contribution is 0.102. The number of nitrogens with one attached hydrogen (secondary N) is 2. The van der Waals surface area contributed by atoms with Gasteiger partial charge in [0.1, 0.15) is 5.69 Å². The molecule has 0 unspecified atom stereocenters. The lowest BCUT2D eigenvalue weighted by Crippen LogP contribution is -2.43. The molecule has 1 saturated heterocycles. The molecule has 2 aromatic carbocycles. The van der Waals surface area contributed by atoms with Gasteiger partial charge in [0.15, 0.2) is 0 Å². The standard InChI is InChI=1S/C24H26ClN5O/c25-22-4-2-1-3-18(22)9-12-27-19-10-15-30(16-11-19)21-7-5-20(6-8-21)29-24(31)23-17-26-13-14-28-23/h1-8,13-14,17,19,27H,9-12,15-16H2,(H,29,31). The van der Waals surface area contributed by atoms with Crippen LogP contribution in [-0.4, -0.2) is 41.6 Å². The second-order valence-corrected chi connectivity index (χ2v) is 8.06. The first-order chi connectivity index (χ1) is 15.2. The molecule has 2 heterocycles. The third-order valence-electron chi connectivity index (χ3n) is 5.57. The third kappa shape index (κ3) is 5.81. The van der Waals surface area contributed by atoms with Gasteiger partial charge < -0.3 is 15.5 Å². The fourth-order valence-corrected chi connectivity index (χ4v) is 4.05. The van der Waals surface area contributed by atoms with E-state index < -0.39 is 0 Å².